The van der Waals surface area contributed by atoms with Crippen molar-refractivity contribution in [1.82, 2.24) is 10.6 Å². The number of amides is 1. The molecule has 1 aromatic carbocycles. The van der Waals surface area contributed by atoms with E-state index in [1.165, 1.54) is 0 Å². The van der Waals surface area contributed by atoms with Crippen molar-refractivity contribution in [3.05, 3.63) is 23.8 Å². The Hall–Kier alpha value is -1.75. The van der Waals surface area contributed by atoms with E-state index < -0.39 is 0 Å². The van der Waals surface area contributed by atoms with E-state index in [4.69, 9.17) is 9.47 Å². The van der Waals surface area contributed by atoms with Gasteiger partial charge in [0.15, 0.2) is 0 Å². The van der Waals surface area contributed by atoms with Crippen LogP contribution in [0.2, 0.25) is 0 Å². The first-order valence-electron chi connectivity index (χ1n) is 6.89. The summed E-state index contributed by atoms with van der Waals surface area (Å²) in [6, 6.07) is 5.61. The van der Waals surface area contributed by atoms with E-state index in [1.807, 2.05) is 25.1 Å². The van der Waals surface area contributed by atoms with Crippen molar-refractivity contribution in [2.24, 2.45) is 0 Å². The lowest BCUT2D eigenvalue weighted by molar-refractivity contribution is -0.121. The van der Waals surface area contributed by atoms with E-state index in [0.717, 1.165) is 30.2 Å². The number of ether oxygens (including phenoxy) is 2. The van der Waals surface area contributed by atoms with Crippen LogP contribution in [0.4, 0.5) is 0 Å². The smallest absolute Gasteiger partial charge is 0.220 e. The second kappa shape index (κ2) is 9.20. The molecule has 0 spiro atoms. The van der Waals surface area contributed by atoms with Gasteiger partial charge in [0.05, 0.1) is 14.2 Å². The second-order valence-electron chi connectivity index (χ2n) is 4.38. The average Bonchev–Trinajstić information content (AvgIpc) is 2.49. The molecule has 0 fully saturated rings. The molecule has 0 aliphatic carbocycles. The standard InChI is InChI=1S/C15H24N2O3/c1-4-16-9-10-17-15(18)8-5-12-11-13(19-2)6-7-14(12)20-3/h6-7,11,16H,4-5,8-10H2,1-3H3,(H,17,18). The number of hydrogen-bond donors (Lipinski definition) is 2. The van der Waals surface area contributed by atoms with Gasteiger partial charge in [-0.1, -0.05) is 6.92 Å². The van der Waals surface area contributed by atoms with Crippen molar-refractivity contribution >= 4 is 5.91 Å². The molecule has 0 unspecified atom stereocenters. The Morgan fingerprint density at radius 2 is 2.00 bits per heavy atom. The van der Waals surface area contributed by atoms with Crippen LogP contribution in [-0.2, 0) is 11.2 Å². The van der Waals surface area contributed by atoms with Gasteiger partial charge in [-0.05, 0) is 36.7 Å². The molecule has 1 rings (SSSR count). The number of carbonyl (C=O) groups excluding carboxylic acids is 1. The van der Waals surface area contributed by atoms with E-state index in [1.54, 1.807) is 14.2 Å². The van der Waals surface area contributed by atoms with E-state index in [0.29, 0.717) is 19.4 Å². The summed E-state index contributed by atoms with van der Waals surface area (Å²) < 4.78 is 10.5. The number of benzene rings is 1. The number of hydrogen-bond acceptors (Lipinski definition) is 4. The first kappa shape index (κ1) is 16.3. The molecule has 0 atom stereocenters. The molecule has 0 radical (unpaired) electrons. The maximum atomic E-state index is 11.7. The topological polar surface area (TPSA) is 59.6 Å². The minimum absolute atomic E-state index is 0.0489. The number of carbonyl (C=O) groups is 1. The highest BCUT2D eigenvalue weighted by Crippen LogP contribution is 2.24. The Bertz CT molecular complexity index is 422. The molecular formula is C15H24N2O3. The van der Waals surface area contributed by atoms with Gasteiger partial charge < -0.3 is 20.1 Å². The van der Waals surface area contributed by atoms with Crippen LogP contribution in [0.1, 0.15) is 18.9 Å². The van der Waals surface area contributed by atoms with Gasteiger partial charge in [-0.15, -0.1) is 0 Å². The number of methoxy groups -OCH3 is 2. The first-order valence-corrected chi connectivity index (χ1v) is 6.89. The molecule has 112 valence electrons. The van der Waals surface area contributed by atoms with E-state index in [9.17, 15) is 4.79 Å². The quantitative estimate of drug-likeness (QED) is 0.671. The average molecular weight is 280 g/mol. The van der Waals surface area contributed by atoms with Crippen molar-refractivity contribution in [1.29, 1.82) is 0 Å². The normalized spacial score (nSPS) is 10.2. The van der Waals surface area contributed by atoms with Crippen LogP contribution in [0.15, 0.2) is 18.2 Å². The van der Waals surface area contributed by atoms with Gasteiger partial charge in [-0.3, -0.25) is 4.79 Å². The van der Waals surface area contributed by atoms with Crippen LogP contribution >= 0.6 is 0 Å². The summed E-state index contributed by atoms with van der Waals surface area (Å²) in [7, 11) is 3.25. The summed E-state index contributed by atoms with van der Waals surface area (Å²) in [6.07, 6.45) is 1.07. The lowest BCUT2D eigenvalue weighted by Crippen LogP contribution is -2.31. The van der Waals surface area contributed by atoms with E-state index in [-0.39, 0.29) is 5.91 Å². The van der Waals surface area contributed by atoms with Crippen LogP contribution in [0.3, 0.4) is 0 Å². The lowest BCUT2D eigenvalue weighted by atomic mass is 10.1. The number of rotatable bonds is 9. The Labute approximate surface area is 120 Å². The summed E-state index contributed by atoms with van der Waals surface area (Å²) in [5.74, 6) is 1.60. The molecule has 5 nitrogen and oxygen atoms in total. The van der Waals surface area contributed by atoms with Crippen LogP contribution in [0.5, 0.6) is 11.5 Å². The Balaban J connectivity index is 2.45. The van der Waals surface area contributed by atoms with Gasteiger partial charge >= 0.3 is 0 Å². The molecular weight excluding hydrogens is 256 g/mol. The fourth-order valence-electron chi connectivity index (χ4n) is 1.88. The maximum absolute atomic E-state index is 11.7. The molecule has 1 amide bonds. The molecule has 2 N–H and O–H groups in total. The van der Waals surface area contributed by atoms with Crippen LogP contribution in [0.25, 0.3) is 0 Å². The van der Waals surface area contributed by atoms with Crippen molar-refractivity contribution < 1.29 is 14.3 Å². The Morgan fingerprint density at radius 3 is 2.65 bits per heavy atom. The summed E-state index contributed by atoms with van der Waals surface area (Å²) in [5.41, 5.74) is 0.980. The maximum Gasteiger partial charge on any atom is 0.220 e. The molecule has 0 aliphatic heterocycles. The zero-order chi connectivity index (χ0) is 14.8. The van der Waals surface area contributed by atoms with Crippen molar-refractivity contribution in [2.45, 2.75) is 19.8 Å². The lowest BCUT2D eigenvalue weighted by Gasteiger charge is -2.10. The fraction of sp³-hybridized carbons (Fsp3) is 0.533. The molecule has 0 heterocycles. The minimum atomic E-state index is 0.0489. The molecule has 20 heavy (non-hydrogen) atoms. The summed E-state index contributed by atoms with van der Waals surface area (Å²) in [6.45, 7) is 4.40. The summed E-state index contributed by atoms with van der Waals surface area (Å²) >= 11 is 0. The van der Waals surface area contributed by atoms with Gasteiger partial charge in [0.25, 0.3) is 0 Å². The number of nitrogens with one attached hydrogen (secondary N) is 2. The molecule has 5 heteroatoms. The molecule has 0 aromatic heterocycles. The van der Waals surface area contributed by atoms with Gasteiger partial charge in [0.2, 0.25) is 5.91 Å². The minimum Gasteiger partial charge on any atom is -0.497 e. The van der Waals surface area contributed by atoms with Crippen LogP contribution in [0, 0.1) is 0 Å². The molecule has 0 bridgehead atoms. The molecule has 0 saturated heterocycles. The zero-order valence-corrected chi connectivity index (χ0v) is 12.5. The van der Waals surface area contributed by atoms with Gasteiger partial charge in [0.1, 0.15) is 11.5 Å². The monoisotopic (exact) mass is 280 g/mol. The predicted octanol–water partition coefficient (Wildman–Crippen LogP) is 1.36. The third kappa shape index (κ3) is 5.48. The van der Waals surface area contributed by atoms with Gasteiger partial charge in [0, 0.05) is 19.5 Å². The highest BCUT2D eigenvalue weighted by molar-refractivity contribution is 5.76. The molecule has 0 aliphatic rings. The Kier molecular flexibility index (Phi) is 7.50. The second-order valence-corrected chi connectivity index (χ2v) is 4.38. The van der Waals surface area contributed by atoms with Gasteiger partial charge in [-0.2, -0.15) is 0 Å². The Morgan fingerprint density at radius 1 is 1.20 bits per heavy atom. The van der Waals surface area contributed by atoms with Crippen LogP contribution < -0.4 is 20.1 Å². The SMILES string of the molecule is CCNCCNC(=O)CCc1cc(OC)ccc1OC. The fourth-order valence-corrected chi connectivity index (χ4v) is 1.88. The van der Waals surface area contributed by atoms with E-state index in [2.05, 4.69) is 10.6 Å². The first-order chi connectivity index (χ1) is 9.71. The van der Waals surface area contributed by atoms with Crippen molar-refractivity contribution in [3.63, 3.8) is 0 Å². The number of aryl methyl sites for hydroxylation is 1. The molecule has 0 saturated carbocycles. The predicted molar refractivity (Wildman–Crippen MR) is 79.4 cm³/mol. The van der Waals surface area contributed by atoms with E-state index >= 15 is 0 Å². The van der Waals surface area contributed by atoms with Crippen molar-refractivity contribution in [2.75, 3.05) is 33.9 Å². The molecule has 1 aromatic rings. The zero-order valence-electron chi connectivity index (χ0n) is 12.5. The van der Waals surface area contributed by atoms with Gasteiger partial charge in [-0.25, -0.2) is 0 Å². The third-order valence-electron chi connectivity index (χ3n) is 2.98. The highest BCUT2D eigenvalue weighted by atomic mass is 16.5. The van der Waals surface area contributed by atoms with Crippen molar-refractivity contribution in [3.8, 4) is 11.5 Å². The summed E-state index contributed by atoms with van der Waals surface area (Å²) in [5, 5.41) is 6.04. The third-order valence-corrected chi connectivity index (χ3v) is 2.98. The largest absolute Gasteiger partial charge is 0.497 e. The summed E-state index contributed by atoms with van der Waals surface area (Å²) in [4.78, 5) is 11.7. The highest BCUT2D eigenvalue weighted by Gasteiger charge is 2.08. The number of likely N-dealkylation sites (N-methyl/N-ethyl adjacent to an activating group) is 1. The van der Waals surface area contributed by atoms with Crippen LogP contribution in [-0.4, -0.2) is 39.8 Å².